The number of carbonyl (C=O) groups is 1. The van der Waals surface area contributed by atoms with Crippen LogP contribution in [0, 0.1) is 13.8 Å². The molecular formula is C21H23N3O2. The molecule has 4 rings (SSSR count). The Morgan fingerprint density at radius 3 is 2.58 bits per heavy atom. The van der Waals surface area contributed by atoms with Crippen LogP contribution in [0.15, 0.2) is 47.3 Å². The van der Waals surface area contributed by atoms with E-state index in [9.17, 15) is 9.59 Å². The molecule has 0 atom stereocenters. The van der Waals surface area contributed by atoms with E-state index in [1.165, 1.54) is 0 Å². The van der Waals surface area contributed by atoms with Gasteiger partial charge in [-0.25, -0.2) is 4.79 Å². The van der Waals surface area contributed by atoms with E-state index < -0.39 is 0 Å². The Kier molecular flexibility index (Phi) is 4.15. The highest BCUT2D eigenvalue weighted by Gasteiger charge is 2.27. The van der Waals surface area contributed by atoms with Crippen LogP contribution in [-0.4, -0.2) is 33.4 Å². The minimum atomic E-state index is -0.0643. The summed E-state index contributed by atoms with van der Waals surface area (Å²) in [6.45, 7) is 5.32. The highest BCUT2D eigenvalue weighted by Crippen LogP contribution is 2.26. The molecule has 0 bridgehead atoms. The molecule has 1 aromatic heterocycles. The SMILES string of the molecule is Cc1ccc(C)c(C(=O)N2CCC(n3c(=O)[nH]c4ccccc43)CC2)c1. The van der Waals surface area contributed by atoms with Crippen molar-refractivity contribution >= 4 is 16.9 Å². The highest BCUT2D eigenvalue weighted by molar-refractivity contribution is 5.95. The number of carbonyl (C=O) groups excluding carboxylic acids is 1. The topological polar surface area (TPSA) is 58.1 Å². The minimum absolute atomic E-state index is 0.0643. The molecule has 1 aliphatic heterocycles. The Hall–Kier alpha value is -2.82. The van der Waals surface area contributed by atoms with Crippen LogP contribution in [0.5, 0.6) is 0 Å². The molecule has 1 saturated heterocycles. The van der Waals surface area contributed by atoms with E-state index in [1.54, 1.807) is 0 Å². The number of aromatic nitrogens is 2. The molecular weight excluding hydrogens is 326 g/mol. The summed E-state index contributed by atoms with van der Waals surface area (Å²) in [6.07, 6.45) is 1.58. The highest BCUT2D eigenvalue weighted by atomic mass is 16.2. The number of benzene rings is 2. The Morgan fingerprint density at radius 1 is 1.08 bits per heavy atom. The molecule has 3 aromatic rings. The van der Waals surface area contributed by atoms with Gasteiger partial charge in [0, 0.05) is 24.7 Å². The van der Waals surface area contributed by atoms with Crippen LogP contribution in [0.4, 0.5) is 0 Å². The second-order valence-corrected chi connectivity index (χ2v) is 7.16. The number of fused-ring (bicyclic) bond motifs is 1. The van der Waals surface area contributed by atoms with Gasteiger partial charge in [-0.2, -0.15) is 0 Å². The van der Waals surface area contributed by atoms with Crippen LogP contribution in [0.2, 0.25) is 0 Å². The first-order chi connectivity index (χ1) is 12.5. The van der Waals surface area contributed by atoms with E-state index in [4.69, 9.17) is 0 Å². The Balaban J connectivity index is 1.54. The van der Waals surface area contributed by atoms with E-state index in [0.717, 1.165) is 40.6 Å². The summed E-state index contributed by atoms with van der Waals surface area (Å²) >= 11 is 0. The van der Waals surface area contributed by atoms with Crippen molar-refractivity contribution in [2.24, 2.45) is 0 Å². The first kappa shape index (κ1) is 16.6. The van der Waals surface area contributed by atoms with Gasteiger partial charge in [0.05, 0.1) is 11.0 Å². The number of rotatable bonds is 2. The monoisotopic (exact) mass is 349 g/mol. The maximum Gasteiger partial charge on any atom is 0.326 e. The van der Waals surface area contributed by atoms with Gasteiger partial charge in [-0.1, -0.05) is 29.8 Å². The predicted octanol–water partition coefficient (Wildman–Crippen LogP) is 3.42. The molecule has 0 radical (unpaired) electrons. The fourth-order valence-corrected chi connectivity index (χ4v) is 3.90. The fourth-order valence-electron chi connectivity index (χ4n) is 3.90. The van der Waals surface area contributed by atoms with Crippen molar-refractivity contribution in [2.45, 2.75) is 32.7 Å². The smallest absolute Gasteiger partial charge is 0.326 e. The van der Waals surface area contributed by atoms with Crippen LogP contribution < -0.4 is 5.69 Å². The second kappa shape index (κ2) is 6.48. The molecule has 2 heterocycles. The van der Waals surface area contributed by atoms with E-state index in [1.807, 2.05) is 65.8 Å². The average Bonchev–Trinajstić information content (AvgIpc) is 2.99. The van der Waals surface area contributed by atoms with Crippen LogP contribution in [-0.2, 0) is 0 Å². The van der Waals surface area contributed by atoms with Crippen molar-refractivity contribution in [3.8, 4) is 0 Å². The number of H-pyrrole nitrogens is 1. The molecule has 0 unspecified atom stereocenters. The van der Waals surface area contributed by atoms with E-state index in [-0.39, 0.29) is 17.6 Å². The number of piperidine rings is 1. The molecule has 0 spiro atoms. The second-order valence-electron chi connectivity index (χ2n) is 7.16. The molecule has 1 fully saturated rings. The summed E-state index contributed by atoms with van der Waals surface area (Å²) < 4.78 is 1.86. The lowest BCUT2D eigenvalue weighted by Gasteiger charge is -2.33. The van der Waals surface area contributed by atoms with Gasteiger partial charge in [0.25, 0.3) is 5.91 Å². The number of aryl methyl sites for hydroxylation is 2. The normalized spacial score (nSPS) is 15.5. The molecule has 0 aliphatic carbocycles. The van der Waals surface area contributed by atoms with Crippen molar-refractivity contribution in [1.29, 1.82) is 0 Å². The van der Waals surface area contributed by atoms with Gasteiger partial charge < -0.3 is 9.88 Å². The number of likely N-dealkylation sites (tertiary alicyclic amines) is 1. The summed E-state index contributed by atoms with van der Waals surface area (Å²) in [7, 11) is 0. The van der Waals surface area contributed by atoms with Gasteiger partial charge in [-0.3, -0.25) is 9.36 Å². The number of aromatic amines is 1. The molecule has 1 amide bonds. The van der Waals surface area contributed by atoms with Gasteiger partial charge in [0.1, 0.15) is 0 Å². The van der Waals surface area contributed by atoms with E-state index >= 15 is 0 Å². The maximum absolute atomic E-state index is 12.9. The third kappa shape index (κ3) is 2.83. The van der Waals surface area contributed by atoms with Gasteiger partial charge in [0.15, 0.2) is 0 Å². The predicted molar refractivity (Wildman–Crippen MR) is 103 cm³/mol. The van der Waals surface area contributed by atoms with Crippen molar-refractivity contribution in [1.82, 2.24) is 14.5 Å². The summed E-state index contributed by atoms with van der Waals surface area (Å²) in [6, 6.07) is 13.9. The Bertz CT molecular complexity index is 1020. The molecule has 5 heteroatoms. The van der Waals surface area contributed by atoms with E-state index in [0.29, 0.717) is 13.1 Å². The maximum atomic E-state index is 12.9. The molecule has 134 valence electrons. The van der Waals surface area contributed by atoms with Crippen LogP contribution in [0.25, 0.3) is 11.0 Å². The third-order valence-electron chi connectivity index (χ3n) is 5.36. The first-order valence-corrected chi connectivity index (χ1v) is 9.10. The lowest BCUT2D eigenvalue weighted by Crippen LogP contribution is -2.40. The van der Waals surface area contributed by atoms with Gasteiger partial charge in [0.2, 0.25) is 0 Å². The molecule has 2 aromatic carbocycles. The summed E-state index contributed by atoms with van der Waals surface area (Å²) in [5, 5.41) is 0. The lowest BCUT2D eigenvalue weighted by atomic mass is 10.0. The Labute approximate surface area is 152 Å². The summed E-state index contributed by atoms with van der Waals surface area (Å²) in [5.74, 6) is 0.0934. The van der Waals surface area contributed by atoms with Gasteiger partial charge in [-0.15, -0.1) is 0 Å². The molecule has 1 aliphatic rings. The summed E-state index contributed by atoms with van der Waals surface area (Å²) in [4.78, 5) is 30.1. The van der Waals surface area contributed by atoms with E-state index in [2.05, 4.69) is 4.98 Å². The standard InChI is InChI=1S/C21H23N3O2/c1-14-7-8-15(2)17(13-14)20(25)23-11-9-16(10-12-23)24-19-6-4-3-5-18(19)22-21(24)26/h3-8,13,16H,9-12H2,1-2H3,(H,22,26). The molecule has 0 saturated carbocycles. The number of amides is 1. The van der Waals surface area contributed by atoms with Crippen molar-refractivity contribution in [3.63, 3.8) is 0 Å². The first-order valence-electron chi connectivity index (χ1n) is 9.10. The number of hydrogen-bond acceptors (Lipinski definition) is 2. The van der Waals surface area contributed by atoms with Gasteiger partial charge >= 0.3 is 5.69 Å². The minimum Gasteiger partial charge on any atom is -0.338 e. The van der Waals surface area contributed by atoms with Crippen molar-refractivity contribution < 1.29 is 4.79 Å². The molecule has 5 nitrogen and oxygen atoms in total. The zero-order valence-electron chi connectivity index (χ0n) is 15.2. The van der Waals surface area contributed by atoms with Crippen molar-refractivity contribution in [2.75, 3.05) is 13.1 Å². The zero-order chi connectivity index (χ0) is 18.3. The number of para-hydroxylation sites is 2. The number of nitrogens with zero attached hydrogens (tertiary/aromatic N) is 2. The fraction of sp³-hybridized carbons (Fsp3) is 0.333. The quantitative estimate of drug-likeness (QED) is 0.771. The third-order valence-corrected chi connectivity index (χ3v) is 5.36. The van der Waals surface area contributed by atoms with Gasteiger partial charge in [-0.05, 0) is 50.5 Å². The number of imidazole rings is 1. The largest absolute Gasteiger partial charge is 0.338 e. The van der Waals surface area contributed by atoms with Crippen molar-refractivity contribution in [3.05, 3.63) is 69.6 Å². The molecule has 1 N–H and O–H groups in total. The lowest BCUT2D eigenvalue weighted by molar-refractivity contribution is 0.0694. The molecule has 26 heavy (non-hydrogen) atoms. The average molecular weight is 349 g/mol. The number of hydrogen-bond donors (Lipinski definition) is 1. The zero-order valence-corrected chi connectivity index (χ0v) is 15.2. The van der Waals surface area contributed by atoms with Crippen LogP contribution >= 0.6 is 0 Å². The van der Waals surface area contributed by atoms with Crippen LogP contribution in [0.3, 0.4) is 0 Å². The Morgan fingerprint density at radius 2 is 1.81 bits per heavy atom. The van der Waals surface area contributed by atoms with Crippen LogP contribution in [0.1, 0.15) is 40.4 Å². The summed E-state index contributed by atoms with van der Waals surface area (Å²) in [5.41, 5.74) is 4.64. The number of nitrogens with one attached hydrogen (secondary N) is 1.